The average Bonchev–Trinajstić information content (AvgIpc) is 2.77. The lowest BCUT2D eigenvalue weighted by atomic mass is 10.0. The van der Waals surface area contributed by atoms with Gasteiger partial charge in [0.15, 0.2) is 0 Å². The van der Waals surface area contributed by atoms with E-state index in [0.29, 0.717) is 0 Å². The molecule has 1 aliphatic rings. The van der Waals surface area contributed by atoms with E-state index in [2.05, 4.69) is 43.0 Å². The van der Waals surface area contributed by atoms with Crippen molar-refractivity contribution in [3.63, 3.8) is 0 Å². The van der Waals surface area contributed by atoms with Crippen LogP contribution in [0.5, 0.6) is 0 Å². The molecule has 1 aromatic carbocycles. The summed E-state index contributed by atoms with van der Waals surface area (Å²) >= 11 is 0. The van der Waals surface area contributed by atoms with E-state index in [-0.39, 0.29) is 6.04 Å². The van der Waals surface area contributed by atoms with E-state index >= 15 is 0 Å². The van der Waals surface area contributed by atoms with Crippen molar-refractivity contribution < 1.29 is 0 Å². The molecule has 0 bridgehead atoms. The molecule has 1 saturated heterocycles. The minimum Gasteiger partial charge on any atom is -0.371 e. The highest BCUT2D eigenvalue weighted by molar-refractivity contribution is 5.54. The smallest absolute Gasteiger partial charge is 0.0399 e. The number of nitrogens with two attached hydrogens (primary N) is 1. The molecule has 1 aromatic rings. The first-order valence-corrected chi connectivity index (χ1v) is 6.79. The summed E-state index contributed by atoms with van der Waals surface area (Å²) in [4.78, 5) is 2.53. The molecular weight excluding hydrogens is 208 g/mol. The van der Waals surface area contributed by atoms with E-state index in [1.165, 1.54) is 37.2 Å². The second-order valence-corrected chi connectivity index (χ2v) is 5.32. The predicted octanol–water partition coefficient (Wildman–Crippen LogP) is 2.81. The zero-order valence-electron chi connectivity index (χ0n) is 11.0. The molecule has 1 aliphatic heterocycles. The molecule has 2 nitrogen and oxygen atoms in total. The van der Waals surface area contributed by atoms with Gasteiger partial charge in [0.25, 0.3) is 0 Å². The monoisotopic (exact) mass is 232 g/mol. The van der Waals surface area contributed by atoms with Crippen LogP contribution < -0.4 is 10.6 Å². The zero-order valence-corrected chi connectivity index (χ0v) is 11.0. The SMILES string of the molecule is CCC1CCN(c2ccccc2CC(C)N)C1. The molecule has 2 heteroatoms. The van der Waals surface area contributed by atoms with Crippen molar-refractivity contribution in [2.45, 2.75) is 39.2 Å². The second-order valence-electron chi connectivity index (χ2n) is 5.32. The summed E-state index contributed by atoms with van der Waals surface area (Å²) in [5, 5.41) is 0. The van der Waals surface area contributed by atoms with Crippen LogP contribution in [0.1, 0.15) is 32.3 Å². The second kappa shape index (κ2) is 5.54. The number of para-hydroxylation sites is 1. The van der Waals surface area contributed by atoms with Crippen LogP contribution in [0.3, 0.4) is 0 Å². The molecule has 0 spiro atoms. The van der Waals surface area contributed by atoms with Crippen molar-refractivity contribution in [1.82, 2.24) is 0 Å². The Bertz CT molecular complexity index is 360. The van der Waals surface area contributed by atoms with Gasteiger partial charge < -0.3 is 10.6 Å². The fourth-order valence-corrected chi connectivity index (χ4v) is 2.72. The van der Waals surface area contributed by atoms with Crippen molar-refractivity contribution >= 4 is 5.69 Å². The highest BCUT2D eigenvalue weighted by atomic mass is 15.2. The number of benzene rings is 1. The minimum absolute atomic E-state index is 0.237. The highest BCUT2D eigenvalue weighted by Crippen LogP contribution is 2.28. The molecule has 94 valence electrons. The Morgan fingerprint density at radius 2 is 2.18 bits per heavy atom. The number of anilines is 1. The fourth-order valence-electron chi connectivity index (χ4n) is 2.72. The summed E-state index contributed by atoms with van der Waals surface area (Å²) in [6, 6.07) is 8.96. The van der Waals surface area contributed by atoms with E-state index in [0.717, 1.165) is 12.3 Å². The summed E-state index contributed by atoms with van der Waals surface area (Å²) in [7, 11) is 0. The van der Waals surface area contributed by atoms with Crippen LogP contribution in [0.2, 0.25) is 0 Å². The van der Waals surface area contributed by atoms with Crippen molar-refractivity contribution in [2.75, 3.05) is 18.0 Å². The third-order valence-corrected chi connectivity index (χ3v) is 3.74. The van der Waals surface area contributed by atoms with Crippen molar-refractivity contribution in [3.8, 4) is 0 Å². The van der Waals surface area contributed by atoms with E-state index in [9.17, 15) is 0 Å². The molecule has 0 saturated carbocycles. The van der Waals surface area contributed by atoms with Crippen molar-refractivity contribution in [1.29, 1.82) is 0 Å². The van der Waals surface area contributed by atoms with Gasteiger partial charge >= 0.3 is 0 Å². The van der Waals surface area contributed by atoms with Crippen LogP contribution in [0.4, 0.5) is 5.69 Å². The number of hydrogen-bond donors (Lipinski definition) is 1. The first-order valence-electron chi connectivity index (χ1n) is 6.79. The van der Waals surface area contributed by atoms with Gasteiger partial charge in [-0.25, -0.2) is 0 Å². The Hall–Kier alpha value is -1.02. The lowest BCUT2D eigenvalue weighted by Crippen LogP contribution is -2.24. The molecule has 0 amide bonds. The van der Waals surface area contributed by atoms with E-state index < -0.39 is 0 Å². The maximum atomic E-state index is 5.93. The largest absolute Gasteiger partial charge is 0.371 e. The molecule has 2 unspecified atom stereocenters. The van der Waals surface area contributed by atoms with Gasteiger partial charge in [-0.15, -0.1) is 0 Å². The topological polar surface area (TPSA) is 29.3 Å². The van der Waals surface area contributed by atoms with Gasteiger partial charge in [-0.05, 0) is 37.3 Å². The van der Waals surface area contributed by atoms with Crippen LogP contribution in [-0.4, -0.2) is 19.1 Å². The number of nitrogens with zero attached hydrogens (tertiary/aromatic N) is 1. The minimum atomic E-state index is 0.237. The summed E-state index contributed by atoms with van der Waals surface area (Å²) < 4.78 is 0. The van der Waals surface area contributed by atoms with Crippen LogP contribution in [-0.2, 0) is 6.42 Å². The van der Waals surface area contributed by atoms with Gasteiger partial charge in [-0.3, -0.25) is 0 Å². The highest BCUT2D eigenvalue weighted by Gasteiger charge is 2.22. The summed E-state index contributed by atoms with van der Waals surface area (Å²) in [5.74, 6) is 0.873. The van der Waals surface area contributed by atoms with Gasteiger partial charge in [0.05, 0.1) is 0 Å². The maximum absolute atomic E-state index is 5.93. The molecule has 2 atom stereocenters. The normalized spacial score (nSPS) is 21.8. The Labute approximate surface area is 105 Å². The Morgan fingerprint density at radius 3 is 2.82 bits per heavy atom. The summed E-state index contributed by atoms with van der Waals surface area (Å²) in [5.41, 5.74) is 8.73. The zero-order chi connectivity index (χ0) is 12.3. The molecule has 1 heterocycles. The first-order chi connectivity index (χ1) is 8.20. The van der Waals surface area contributed by atoms with Crippen LogP contribution >= 0.6 is 0 Å². The van der Waals surface area contributed by atoms with Crippen LogP contribution in [0.15, 0.2) is 24.3 Å². The molecular formula is C15H24N2. The van der Waals surface area contributed by atoms with Gasteiger partial charge in [-0.1, -0.05) is 31.5 Å². The number of hydrogen-bond acceptors (Lipinski definition) is 2. The molecule has 0 radical (unpaired) electrons. The summed E-state index contributed by atoms with van der Waals surface area (Å²) in [6.45, 7) is 6.79. The van der Waals surface area contributed by atoms with E-state index in [1.54, 1.807) is 0 Å². The Balaban J connectivity index is 2.14. The molecule has 0 aromatic heterocycles. The lowest BCUT2D eigenvalue weighted by Gasteiger charge is -2.22. The fraction of sp³-hybridized carbons (Fsp3) is 0.600. The van der Waals surface area contributed by atoms with Gasteiger partial charge in [0, 0.05) is 24.8 Å². The average molecular weight is 232 g/mol. The maximum Gasteiger partial charge on any atom is 0.0399 e. The molecule has 0 aliphatic carbocycles. The van der Waals surface area contributed by atoms with Crippen LogP contribution in [0, 0.1) is 5.92 Å². The molecule has 2 N–H and O–H groups in total. The Morgan fingerprint density at radius 1 is 1.41 bits per heavy atom. The number of rotatable bonds is 4. The standard InChI is InChI=1S/C15H24N2/c1-3-13-8-9-17(11-13)15-7-5-4-6-14(15)10-12(2)16/h4-7,12-13H,3,8-11,16H2,1-2H3. The van der Waals surface area contributed by atoms with Crippen molar-refractivity contribution in [3.05, 3.63) is 29.8 Å². The molecule has 1 fully saturated rings. The van der Waals surface area contributed by atoms with Crippen molar-refractivity contribution in [2.24, 2.45) is 11.7 Å². The van der Waals surface area contributed by atoms with Gasteiger partial charge in [0.1, 0.15) is 0 Å². The van der Waals surface area contributed by atoms with E-state index in [4.69, 9.17) is 5.73 Å². The van der Waals surface area contributed by atoms with E-state index in [1.807, 2.05) is 0 Å². The lowest BCUT2D eigenvalue weighted by molar-refractivity contribution is 0.569. The third-order valence-electron chi connectivity index (χ3n) is 3.74. The molecule has 2 rings (SSSR count). The Kier molecular flexibility index (Phi) is 4.06. The third kappa shape index (κ3) is 3.01. The molecule has 17 heavy (non-hydrogen) atoms. The summed E-state index contributed by atoms with van der Waals surface area (Å²) in [6.07, 6.45) is 3.61. The van der Waals surface area contributed by atoms with Gasteiger partial charge in [0.2, 0.25) is 0 Å². The quantitative estimate of drug-likeness (QED) is 0.865. The first kappa shape index (κ1) is 12.4. The predicted molar refractivity (Wildman–Crippen MR) is 74.4 cm³/mol. The van der Waals surface area contributed by atoms with Crippen LogP contribution in [0.25, 0.3) is 0 Å². The van der Waals surface area contributed by atoms with Gasteiger partial charge in [-0.2, -0.15) is 0 Å².